The smallest absolute Gasteiger partial charge is 0.240 e. The lowest BCUT2D eigenvalue weighted by Gasteiger charge is -2.22. The lowest BCUT2D eigenvalue weighted by atomic mass is 10.0. The van der Waals surface area contributed by atoms with Gasteiger partial charge in [0, 0.05) is 26.2 Å². The van der Waals surface area contributed by atoms with Crippen LogP contribution in [0.5, 0.6) is 0 Å². The fourth-order valence-electron chi connectivity index (χ4n) is 2.72. The predicted molar refractivity (Wildman–Crippen MR) is 75.7 cm³/mol. The van der Waals surface area contributed by atoms with Crippen LogP contribution >= 0.6 is 0 Å². The fourth-order valence-corrected chi connectivity index (χ4v) is 3.88. The molecule has 0 bridgehead atoms. The molecule has 1 saturated heterocycles. The minimum Gasteiger partial charge on any atom is -0.381 e. The van der Waals surface area contributed by atoms with Gasteiger partial charge in [-0.05, 0) is 42.0 Å². The molecular formula is C14H20N2O3S. The zero-order valence-corrected chi connectivity index (χ0v) is 12.2. The van der Waals surface area contributed by atoms with E-state index >= 15 is 0 Å². The van der Waals surface area contributed by atoms with E-state index in [-0.39, 0.29) is 5.92 Å². The van der Waals surface area contributed by atoms with Crippen molar-refractivity contribution in [2.75, 3.05) is 19.8 Å². The summed E-state index contributed by atoms with van der Waals surface area (Å²) in [5, 5.41) is 3.22. The van der Waals surface area contributed by atoms with Crippen molar-refractivity contribution in [3.05, 3.63) is 29.3 Å². The van der Waals surface area contributed by atoms with E-state index in [0.717, 1.165) is 38.1 Å². The Morgan fingerprint density at radius 1 is 1.30 bits per heavy atom. The molecule has 0 aromatic heterocycles. The summed E-state index contributed by atoms with van der Waals surface area (Å²) in [6, 6.07) is 5.36. The monoisotopic (exact) mass is 296 g/mol. The molecule has 5 nitrogen and oxygen atoms in total. The first-order valence-electron chi connectivity index (χ1n) is 7.05. The van der Waals surface area contributed by atoms with Gasteiger partial charge >= 0.3 is 0 Å². The lowest BCUT2D eigenvalue weighted by molar-refractivity contribution is 0.0568. The van der Waals surface area contributed by atoms with Crippen molar-refractivity contribution in [2.45, 2.75) is 30.8 Å². The van der Waals surface area contributed by atoms with Crippen LogP contribution in [0.4, 0.5) is 0 Å². The maximum Gasteiger partial charge on any atom is 0.240 e. The number of fused-ring (bicyclic) bond motifs is 1. The summed E-state index contributed by atoms with van der Waals surface area (Å²) in [6.07, 6.45) is 2.04. The molecule has 110 valence electrons. The second kappa shape index (κ2) is 5.81. The molecule has 1 aromatic rings. The molecule has 6 heteroatoms. The highest BCUT2D eigenvalue weighted by Gasteiger charge is 2.21. The summed E-state index contributed by atoms with van der Waals surface area (Å²) in [5.41, 5.74) is 2.26. The number of benzene rings is 1. The minimum absolute atomic E-state index is 0.287. The third kappa shape index (κ3) is 3.03. The topological polar surface area (TPSA) is 67.4 Å². The van der Waals surface area contributed by atoms with E-state index in [1.54, 1.807) is 12.1 Å². The van der Waals surface area contributed by atoms with Gasteiger partial charge in [-0.15, -0.1) is 0 Å². The molecule has 2 N–H and O–H groups in total. The van der Waals surface area contributed by atoms with E-state index < -0.39 is 10.0 Å². The zero-order valence-electron chi connectivity index (χ0n) is 11.4. The maximum atomic E-state index is 12.3. The SMILES string of the molecule is O=S(=O)(NCC1CCCOC1)c1ccc2c(c1)CNC2. The van der Waals surface area contributed by atoms with E-state index in [9.17, 15) is 8.42 Å². The third-order valence-electron chi connectivity index (χ3n) is 3.94. The molecule has 1 aromatic carbocycles. The second-order valence-corrected chi connectivity index (χ2v) is 7.24. The Kier molecular flexibility index (Phi) is 4.07. The van der Waals surface area contributed by atoms with Crippen LogP contribution in [0.15, 0.2) is 23.1 Å². The second-order valence-electron chi connectivity index (χ2n) is 5.47. The number of hydrogen-bond donors (Lipinski definition) is 2. The van der Waals surface area contributed by atoms with Gasteiger partial charge < -0.3 is 10.1 Å². The molecule has 20 heavy (non-hydrogen) atoms. The number of nitrogens with one attached hydrogen (secondary N) is 2. The molecule has 0 radical (unpaired) electrons. The van der Waals surface area contributed by atoms with Crippen molar-refractivity contribution in [1.82, 2.24) is 10.0 Å². The van der Waals surface area contributed by atoms with Crippen molar-refractivity contribution in [3.63, 3.8) is 0 Å². The summed E-state index contributed by atoms with van der Waals surface area (Å²) in [6.45, 7) is 3.47. The van der Waals surface area contributed by atoms with Gasteiger partial charge in [0.05, 0.1) is 11.5 Å². The molecule has 0 spiro atoms. The predicted octanol–water partition coefficient (Wildman–Crippen LogP) is 0.995. The fraction of sp³-hybridized carbons (Fsp3) is 0.571. The molecule has 1 fully saturated rings. The molecular weight excluding hydrogens is 276 g/mol. The molecule has 0 saturated carbocycles. The molecule has 0 amide bonds. The quantitative estimate of drug-likeness (QED) is 0.869. The zero-order chi connectivity index (χ0) is 14.0. The Morgan fingerprint density at radius 3 is 2.95 bits per heavy atom. The van der Waals surface area contributed by atoms with Crippen LogP contribution < -0.4 is 10.0 Å². The van der Waals surface area contributed by atoms with Crippen molar-refractivity contribution in [1.29, 1.82) is 0 Å². The lowest BCUT2D eigenvalue weighted by Crippen LogP contribution is -2.33. The van der Waals surface area contributed by atoms with Gasteiger partial charge in [-0.3, -0.25) is 0 Å². The third-order valence-corrected chi connectivity index (χ3v) is 5.36. The van der Waals surface area contributed by atoms with Gasteiger partial charge in [-0.1, -0.05) is 6.07 Å². The van der Waals surface area contributed by atoms with Crippen LogP contribution in [0.2, 0.25) is 0 Å². The van der Waals surface area contributed by atoms with Crippen LogP contribution in [0, 0.1) is 5.92 Å². The minimum atomic E-state index is -3.41. The highest BCUT2D eigenvalue weighted by molar-refractivity contribution is 7.89. The van der Waals surface area contributed by atoms with E-state index in [0.29, 0.717) is 18.0 Å². The number of sulfonamides is 1. The first kappa shape index (κ1) is 14.0. The molecule has 2 heterocycles. The van der Waals surface area contributed by atoms with Gasteiger partial charge in [0.2, 0.25) is 10.0 Å². The number of hydrogen-bond acceptors (Lipinski definition) is 4. The van der Waals surface area contributed by atoms with Gasteiger partial charge in [0.1, 0.15) is 0 Å². The average Bonchev–Trinajstić information content (AvgIpc) is 2.94. The maximum absolute atomic E-state index is 12.3. The molecule has 1 unspecified atom stereocenters. The van der Waals surface area contributed by atoms with E-state index in [2.05, 4.69) is 10.0 Å². The Morgan fingerprint density at radius 2 is 2.15 bits per heavy atom. The summed E-state index contributed by atoms with van der Waals surface area (Å²) in [5.74, 6) is 0.287. The first-order chi connectivity index (χ1) is 9.65. The Hall–Kier alpha value is -0.950. The standard InChI is InChI=1S/C14H20N2O3S/c17-20(18,16-7-11-2-1-5-19-10-11)14-4-3-12-8-15-9-13(12)6-14/h3-4,6,11,15-16H,1-2,5,7-10H2. The van der Waals surface area contributed by atoms with Gasteiger partial charge in [-0.2, -0.15) is 0 Å². The Bertz CT molecular complexity index is 580. The Balaban J connectivity index is 1.68. The van der Waals surface area contributed by atoms with E-state index in [1.165, 1.54) is 5.56 Å². The van der Waals surface area contributed by atoms with Crippen molar-refractivity contribution in [3.8, 4) is 0 Å². The van der Waals surface area contributed by atoms with Crippen molar-refractivity contribution < 1.29 is 13.2 Å². The summed E-state index contributed by atoms with van der Waals surface area (Å²) >= 11 is 0. The number of ether oxygens (including phenoxy) is 1. The van der Waals surface area contributed by atoms with Crippen LogP contribution in [0.1, 0.15) is 24.0 Å². The molecule has 3 rings (SSSR count). The number of rotatable bonds is 4. The summed E-state index contributed by atoms with van der Waals surface area (Å²) in [7, 11) is -3.41. The van der Waals surface area contributed by atoms with Gasteiger partial charge in [0.15, 0.2) is 0 Å². The first-order valence-corrected chi connectivity index (χ1v) is 8.53. The van der Waals surface area contributed by atoms with Gasteiger partial charge in [-0.25, -0.2) is 13.1 Å². The van der Waals surface area contributed by atoms with Crippen LogP contribution in [0.3, 0.4) is 0 Å². The highest BCUT2D eigenvalue weighted by atomic mass is 32.2. The van der Waals surface area contributed by atoms with E-state index in [1.807, 2.05) is 6.07 Å². The normalized spacial score (nSPS) is 22.7. The molecule has 1 atom stereocenters. The largest absolute Gasteiger partial charge is 0.381 e. The van der Waals surface area contributed by atoms with Gasteiger partial charge in [0.25, 0.3) is 0 Å². The summed E-state index contributed by atoms with van der Waals surface area (Å²) in [4.78, 5) is 0.358. The van der Waals surface area contributed by atoms with Crippen LogP contribution in [0.25, 0.3) is 0 Å². The Labute approximate surface area is 119 Å². The van der Waals surface area contributed by atoms with E-state index in [4.69, 9.17) is 4.74 Å². The molecule has 2 aliphatic heterocycles. The van der Waals surface area contributed by atoms with Crippen molar-refractivity contribution in [2.24, 2.45) is 5.92 Å². The van der Waals surface area contributed by atoms with Crippen molar-refractivity contribution >= 4 is 10.0 Å². The average molecular weight is 296 g/mol. The van der Waals surface area contributed by atoms with Crippen LogP contribution in [-0.2, 0) is 27.8 Å². The molecule has 2 aliphatic rings. The molecule has 0 aliphatic carbocycles. The summed E-state index contributed by atoms with van der Waals surface area (Å²) < 4.78 is 32.7. The van der Waals surface area contributed by atoms with Crippen LogP contribution in [-0.4, -0.2) is 28.2 Å². The highest BCUT2D eigenvalue weighted by Crippen LogP contribution is 2.20.